The molecule has 182 valence electrons. The third-order valence-corrected chi connectivity index (χ3v) is 11.8. The summed E-state index contributed by atoms with van der Waals surface area (Å²) in [4.78, 5) is 0. The van der Waals surface area contributed by atoms with Gasteiger partial charge in [-0.25, -0.2) is 0 Å². The average Bonchev–Trinajstić information content (AvgIpc) is 3.00. The van der Waals surface area contributed by atoms with Gasteiger partial charge in [0.2, 0.25) is 0 Å². The molecular formula is C30H50O2. The van der Waals surface area contributed by atoms with Gasteiger partial charge in [-0.15, -0.1) is 0 Å². The first-order chi connectivity index (χ1) is 14.8. The number of hydrogen-bond acceptors (Lipinski definition) is 2. The highest BCUT2D eigenvalue weighted by Gasteiger charge is 2.63. The topological polar surface area (TPSA) is 40.5 Å². The Labute approximate surface area is 198 Å². The predicted molar refractivity (Wildman–Crippen MR) is 134 cm³/mol. The highest BCUT2D eigenvalue weighted by Crippen LogP contribution is 2.72. The van der Waals surface area contributed by atoms with Gasteiger partial charge in [-0.3, -0.25) is 0 Å². The Morgan fingerprint density at radius 1 is 0.969 bits per heavy atom. The lowest BCUT2D eigenvalue weighted by atomic mass is 9.43. The van der Waals surface area contributed by atoms with Gasteiger partial charge >= 0.3 is 0 Å². The molecule has 4 aliphatic carbocycles. The van der Waals surface area contributed by atoms with Crippen LogP contribution in [-0.2, 0) is 0 Å². The molecule has 0 aromatic carbocycles. The van der Waals surface area contributed by atoms with Crippen LogP contribution < -0.4 is 0 Å². The number of aliphatic hydroxyl groups is 2. The van der Waals surface area contributed by atoms with Crippen molar-refractivity contribution >= 4 is 0 Å². The zero-order valence-electron chi connectivity index (χ0n) is 22.2. The van der Waals surface area contributed by atoms with E-state index in [9.17, 15) is 10.2 Å². The maximum atomic E-state index is 11.0. The molecule has 2 fully saturated rings. The molecule has 0 radical (unpaired) electrons. The van der Waals surface area contributed by atoms with Crippen LogP contribution in [0.2, 0.25) is 0 Å². The Hall–Kier alpha value is -0.600. The Kier molecular flexibility index (Phi) is 6.11. The number of allylic oxidation sites excluding steroid dienone is 3. The van der Waals surface area contributed by atoms with Gasteiger partial charge in [0.25, 0.3) is 0 Å². The van der Waals surface area contributed by atoms with Gasteiger partial charge in [0, 0.05) is 0 Å². The molecule has 8 atom stereocenters. The molecule has 2 saturated carbocycles. The Balaban J connectivity index is 1.67. The molecule has 2 nitrogen and oxygen atoms in total. The van der Waals surface area contributed by atoms with Crippen LogP contribution in [-0.4, -0.2) is 22.4 Å². The van der Waals surface area contributed by atoms with Gasteiger partial charge in [-0.05, 0) is 111 Å². The number of hydrogen-bond donors (Lipinski definition) is 2. The molecular weight excluding hydrogens is 392 g/mol. The maximum Gasteiger partial charge on any atom is 0.0603 e. The minimum absolute atomic E-state index is 0.00888. The standard InChI is InChI=1S/C30H50O2/c1-19(2)9-11-24(31)20(3)21-13-17-30(8)23-10-12-25-27(4,5)26(32)15-16-28(25,6)22(23)14-18-29(21,30)7/h9,20-21,24-26,31-32H,10-18H2,1-8H3/t20-,21+,24?,25-,26-,28+,29+,30-/m0/s1. The number of fused-ring (bicyclic) bond motifs is 4. The SMILES string of the molecule is CC(C)=CCC(O)[C@@H](C)[C@H]1CC[C@@]2(C)C3=C(CC[C@]12C)[C@@]1(C)CC[C@H](O)C(C)(C)[C@@H]1CC3. The lowest BCUT2D eigenvalue weighted by Crippen LogP contribution is -2.55. The molecule has 0 saturated heterocycles. The van der Waals surface area contributed by atoms with E-state index in [1.165, 1.54) is 44.1 Å². The van der Waals surface area contributed by atoms with Crippen LogP contribution in [0.5, 0.6) is 0 Å². The summed E-state index contributed by atoms with van der Waals surface area (Å²) in [5.41, 5.74) is 5.70. The molecule has 2 N–H and O–H groups in total. The van der Waals surface area contributed by atoms with Crippen molar-refractivity contribution in [2.45, 2.75) is 125 Å². The van der Waals surface area contributed by atoms with Crippen molar-refractivity contribution in [1.82, 2.24) is 0 Å². The summed E-state index contributed by atoms with van der Waals surface area (Å²) in [5.74, 6) is 1.53. The zero-order valence-corrected chi connectivity index (χ0v) is 22.2. The summed E-state index contributed by atoms with van der Waals surface area (Å²) in [6, 6.07) is 0. The lowest BCUT2D eigenvalue weighted by Gasteiger charge is -2.62. The van der Waals surface area contributed by atoms with Gasteiger partial charge in [0.05, 0.1) is 12.2 Å². The Morgan fingerprint density at radius 2 is 1.66 bits per heavy atom. The second-order valence-electron chi connectivity index (χ2n) is 13.7. The third-order valence-electron chi connectivity index (χ3n) is 11.8. The fraction of sp³-hybridized carbons (Fsp3) is 0.867. The second kappa shape index (κ2) is 7.98. The molecule has 32 heavy (non-hydrogen) atoms. The van der Waals surface area contributed by atoms with Crippen molar-refractivity contribution in [3.8, 4) is 0 Å². The fourth-order valence-electron chi connectivity index (χ4n) is 9.40. The Bertz CT molecular complexity index is 802. The van der Waals surface area contributed by atoms with Crippen LogP contribution in [0.4, 0.5) is 0 Å². The Morgan fingerprint density at radius 3 is 2.31 bits per heavy atom. The summed E-state index contributed by atoms with van der Waals surface area (Å²) in [6.07, 6.45) is 12.2. The first kappa shape index (κ1) is 24.5. The quantitative estimate of drug-likeness (QED) is 0.444. The van der Waals surface area contributed by atoms with Gasteiger partial charge in [0.15, 0.2) is 0 Å². The molecule has 0 spiro atoms. The largest absolute Gasteiger partial charge is 0.393 e. The molecule has 0 heterocycles. The van der Waals surface area contributed by atoms with Crippen LogP contribution in [0.1, 0.15) is 113 Å². The third kappa shape index (κ3) is 3.33. The van der Waals surface area contributed by atoms with Crippen molar-refractivity contribution < 1.29 is 10.2 Å². The smallest absolute Gasteiger partial charge is 0.0603 e. The summed E-state index contributed by atoms with van der Waals surface area (Å²) < 4.78 is 0. The van der Waals surface area contributed by atoms with Crippen molar-refractivity contribution in [3.05, 3.63) is 22.8 Å². The van der Waals surface area contributed by atoms with Gasteiger partial charge in [0.1, 0.15) is 0 Å². The molecule has 2 heteroatoms. The summed E-state index contributed by atoms with van der Waals surface area (Å²) in [7, 11) is 0. The normalized spacial score (nSPS) is 44.9. The maximum absolute atomic E-state index is 11.0. The molecule has 0 amide bonds. The van der Waals surface area contributed by atoms with Crippen LogP contribution in [0.15, 0.2) is 22.8 Å². The zero-order chi connectivity index (χ0) is 23.7. The second-order valence-corrected chi connectivity index (χ2v) is 13.7. The average molecular weight is 443 g/mol. The molecule has 4 rings (SSSR count). The van der Waals surface area contributed by atoms with E-state index in [0.717, 1.165) is 19.3 Å². The number of rotatable bonds is 4. The van der Waals surface area contributed by atoms with Crippen molar-refractivity contribution in [2.75, 3.05) is 0 Å². The van der Waals surface area contributed by atoms with Crippen LogP contribution in [0, 0.1) is 39.4 Å². The first-order valence-corrected chi connectivity index (χ1v) is 13.5. The van der Waals surface area contributed by atoms with Crippen LogP contribution in [0.25, 0.3) is 0 Å². The van der Waals surface area contributed by atoms with E-state index >= 15 is 0 Å². The fourth-order valence-corrected chi connectivity index (χ4v) is 9.40. The minimum Gasteiger partial charge on any atom is -0.393 e. The summed E-state index contributed by atoms with van der Waals surface area (Å²) in [5, 5.41) is 21.9. The lowest BCUT2D eigenvalue weighted by molar-refractivity contribution is -0.0969. The molecule has 0 aliphatic heterocycles. The van der Waals surface area contributed by atoms with E-state index in [2.05, 4.69) is 61.5 Å². The van der Waals surface area contributed by atoms with Crippen molar-refractivity contribution in [2.24, 2.45) is 39.4 Å². The van der Waals surface area contributed by atoms with E-state index < -0.39 is 0 Å². The van der Waals surface area contributed by atoms with Crippen LogP contribution in [0.3, 0.4) is 0 Å². The van der Waals surface area contributed by atoms with E-state index in [1.54, 1.807) is 11.1 Å². The number of aliphatic hydroxyl groups excluding tert-OH is 2. The first-order valence-electron chi connectivity index (χ1n) is 13.5. The molecule has 1 unspecified atom stereocenters. The van der Waals surface area contributed by atoms with Crippen molar-refractivity contribution in [3.63, 3.8) is 0 Å². The van der Waals surface area contributed by atoms with Crippen molar-refractivity contribution in [1.29, 1.82) is 0 Å². The van der Waals surface area contributed by atoms with E-state index in [-0.39, 0.29) is 33.9 Å². The summed E-state index contributed by atoms with van der Waals surface area (Å²) >= 11 is 0. The van der Waals surface area contributed by atoms with E-state index in [1.807, 2.05) is 0 Å². The molecule has 4 aliphatic rings. The molecule has 0 aromatic rings. The van der Waals surface area contributed by atoms with Gasteiger partial charge in [-0.1, -0.05) is 64.3 Å². The predicted octanol–water partition coefficient (Wildman–Crippen LogP) is 7.45. The highest BCUT2D eigenvalue weighted by molar-refractivity contribution is 5.38. The van der Waals surface area contributed by atoms with E-state index in [4.69, 9.17) is 0 Å². The van der Waals surface area contributed by atoms with Gasteiger partial charge in [-0.2, -0.15) is 0 Å². The molecule has 0 aromatic heterocycles. The summed E-state index contributed by atoms with van der Waals surface area (Å²) in [6.45, 7) is 18.9. The molecule has 0 bridgehead atoms. The minimum atomic E-state index is -0.238. The monoisotopic (exact) mass is 442 g/mol. The highest BCUT2D eigenvalue weighted by atomic mass is 16.3. The van der Waals surface area contributed by atoms with Gasteiger partial charge < -0.3 is 10.2 Å². The van der Waals surface area contributed by atoms with E-state index in [0.29, 0.717) is 17.8 Å². The van der Waals surface area contributed by atoms with Crippen LogP contribution >= 0.6 is 0 Å².